The van der Waals surface area contributed by atoms with Crippen molar-refractivity contribution in [1.29, 1.82) is 0 Å². The first-order valence-electron chi connectivity index (χ1n) is 12.8. The zero-order chi connectivity index (χ0) is 29.3. The Balaban J connectivity index is 1.51. The van der Waals surface area contributed by atoms with Crippen molar-refractivity contribution < 1.29 is 14.3 Å². The maximum absolute atomic E-state index is 13.8. The quantitative estimate of drug-likeness (QED) is 0.204. The standard InChI is InChI=1S/C31H25BrCl2N2O4S/c1-4-39-30(38)27-18(3)35-31-36(28(27)20-8-5-17(2)6-9-20)29(37)26(41-31)14-19-7-12-25(23(32)13-19)40-16-21-10-11-22(33)15-24(21)34/h5-15,28H,4,16H2,1-3H3/b26-14+/t28-/m1/s1. The molecule has 6 nitrogen and oxygen atoms in total. The van der Waals surface area contributed by atoms with Crippen molar-refractivity contribution >= 4 is 62.5 Å². The van der Waals surface area contributed by atoms with E-state index in [2.05, 4.69) is 20.9 Å². The number of hydrogen-bond acceptors (Lipinski definition) is 6. The summed E-state index contributed by atoms with van der Waals surface area (Å²) in [5.74, 6) is 0.150. The Labute approximate surface area is 259 Å². The van der Waals surface area contributed by atoms with E-state index in [1.54, 1.807) is 30.5 Å². The lowest BCUT2D eigenvalue weighted by atomic mass is 9.95. The summed E-state index contributed by atoms with van der Waals surface area (Å²) in [5.41, 5.74) is 4.16. The van der Waals surface area contributed by atoms with E-state index in [1.807, 2.05) is 61.5 Å². The molecule has 0 fully saturated rings. The van der Waals surface area contributed by atoms with E-state index in [0.717, 1.165) is 26.7 Å². The van der Waals surface area contributed by atoms with E-state index in [1.165, 1.54) is 11.3 Å². The molecule has 0 amide bonds. The minimum Gasteiger partial charge on any atom is -0.488 e. The van der Waals surface area contributed by atoms with Crippen molar-refractivity contribution in [3.63, 3.8) is 0 Å². The van der Waals surface area contributed by atoms with Gasteiger partial charge in [0, 0.05) is 15.6 Å². The molecule has 5 rings (SSSR count). The van der Waals surface area contributed by atoms with Crippen molar-refractivity contribution in [2.45, 2.75) is 33.4 Å². The number of rotatable bonds is 7. The Morgan fingerprint density at radius 2 is 1.85 bits per heavy atom. The molecule has 10 heteroatoms. The van der Waals surface area contributed by atoms with E-state index < -0.39 is 12.0 Å². The summed E-state index contributed by atoms with van der Waals surface area (Å²) >= 11 is 17.1. The van der Waals surface area contributed by atoms with Gasteiger partial charge in [-0.25, -0.2) is 9.79 Å². The number of aromatic nitrogens is 1. The van der Waals surface area contributed by atoms with Gasteiger partial charge in [0.05, 0.1) is 32.9 Å². The van der Waals surface area contributed by atoms with Crippen LogP contribution in [0.5, 0.6) is 5.75 Å². The Bertz CT molecular complexity index is 1860. The number of thiazole rings is 1. The molecular weight excluding hydrogens is 647 g/mol. The van der Waals surface area contributed by atoms with Crippen LogP contribution in [0.15, 0.2) is 86.2 Å². The van der Waals surface area contributed by atoms with E-state index in [-0.39, 0.29) is 18.8 Å². The fourth-order valence-corrected chi connectivity index (χ4v) is 6.55. The number of halogens is 3. The molecule has 2 heterocycles. The molecule has 3 aromatic carbocycles. The van der Waals surface area contributed by atoms with Crippen LogP contribution in [0, 0.1) is 6.92 Å². The number of nitrogens with zero attached hydrogens (tertiary/aromatic N) is 2. The predicted octanol–water partition coefficient (Wildman–Crippen LogP) is 6.76. The number of ether oxygens (including phenoxy) is 2. The van der Waals surface area contributed by atoms with Gasteiger partial charge >= 0.3 is 5.97 Å². The van der Waals surface area contributed by atoms with Crippen molar-refractivity contribution in [2.75, 3.05) is 6.61 Å². The molecular formula is C31H25BrCl2N2O4S. The van der Waals surface area contributed by atoms with Gasteiger partial charge < -0.3 is 9.47 Å². The first kappa shape index (κ1) is 29.3. The summed E-state index contributed by atoms with van der Waals surface area (Å²) in [6.45, 7) is 6.02. The monoisotopic (exact) mass is 670 g/mol. The molecule has 0 bridgehead atoms. The molecule has 1 aliphatic rings. The van der Waals surface area contributed by atoms with E-state index in [0.29, 0.717) is 36.4 Å². The van der Waals surface area contributed by atoms with Crippen LogP contribution in [0.2, 0.25) is 10.0 Å². The lowest BCUT2D eigenvalue weighted by molar-refractivity contribution is -0.139. The summed E-state index contributed by atoms with van der Waals surface area (Å²) in [7, 11) is 0. The highest BCUT2D eigenvalue weighted by molar-refractivity contribution is 9.10. The van der Waals surface area contributed by atoms with Crippen LogP contribution in [-0.2, 0) is 16.1 Å². The van der Waals surface area contributed by atoms with Crippen molar-refractivity contribution in [1.82, 2.24) is 4.57 Å². The molecule has 1 atom stereocenters. The summed E-state index contributed by atoms with van der Waals surface area (Å²) in [6.07, 6.45) is 1.81. The fourth-order valence-electron chi connectivity index (χ4n) is 4.53. The number of benzene rings is 3. The molecule has 0 aliphatic carbocycles. The topological polar surface area (TPSA) is 69.9 Å². The highest BCUT2D eigenvalue weighted by Gasteiger charge is 2.33. The number of carbonyl (C=O) groups excluding carboxylic acids is 1. The van der Waals surface area contributed by atoms with E-state index >= 15 is 0 Å². The minimum atomic E-state index is -0.643. The number of aryl methyl sites for hydroxylation is 1. The highest BCUT2D eigenvalue weighted by atomic mass is 79.9. The van der Waals surface area contributed by atoms with Crippen LogP contribution in [0.4, 0.5) is 0 Å². The van der Waals surface area contributed by atoms with E-state index in [4.69, 9.17) is 32.7 Å². The van der Waals surface area contributed by atoms with Crippen LogP contribution in [0.1, 0.15) is 42.1 Å². The summed E-state index contributed by atoms with van der Waals surface area (Å²) in [4.78, 5) is 32.0. The molecule has 41 heavy (non-hydrogen) atoms. The molecule has 1 aliphatic heterocycles. The minimum absolute atomic E-state index is 0.224. The number of hydrogen-bond donors (Lipinski definition) is 0. The van der Waals surface area contributed by atoms with Gasteiger partial charge in [0.25, 0.3) is 5.56 Å². The lowest BCUT2D eigenvalue weighted by Gasteiger charge is -2.24. The Kier molecular flexibility index (Phi) is 8.85. The second-order valence-corrected chi connectivity index (χ2v) is 12.1. The first-order chi connectivity index (χ1) is 19.7. The maximum Gasteiger partial charge on any atom is 0.338 e. The largest absolute Gasteiger partial charge is 0.488 e. The fraction of sp³-hybridized carbons (Fsp3) is 0.194. The van der Waals surface area contributed by atoms with Crippen molar-refractivity contribution in [3.05, 3.63) is 128 Å². The van der Waals surface area contributed by atoms with E-state index in [9.17, 15) is 9.59 Å². The smallest absolute Gasteiger partial charge is 0.338 e. The summed E-state index contributed by atoms with van der Waals surface area (Å²) < 4.78 is 14.1. The van der Waals surface area contributed by atoms with Crippen LogP contribution < -0.4 is 19.6 Å². The van der Waals surface area contributed by atoms with Crippen LogP contribution in [0.3, 0.4) is 0 Å². The SMILES string of the molecule is CCOC(=O)C1=C(C)N=c2s/c(=C/c3ccc(OCc4ccc(Cl)cc4Cl)c(Br)c3)c(=O)n2[C@@H]1c1ccc(C)cc1. The third kappa shape index (κ3) is 6.21. The zero-order valence-electron chi connectivity index (χ0n) is 22.4. The lowest BCUT2D eigenvalue weighted by Crippen LogP contribution is -2.39. The normalized spacial score (nSPS) is 15.0. The van der Waals surface area contributed by atoms with Gasteiger partial charge in [-0.1, -0.05) is 76.5 Å². The average molecular weight is 672 g/mol. The number of fused-ring (bicyclic) bond motifs is 1. The van der Waals surface area contributed by atoms with Gasteiger partial charge in [-0.05, 0) is 78.2 Å². The highest BCUT2D eigenvalue weighted by Crippen LogP contribution is 2.31. The third-order valence-electron chi connectivity index (χ3n) is 6.56. The Hall–Kier alpha value is -3.17. The molecule has 0 saturated heterocycles. The number of esters is 1. The van der Waals surface area contributed by atoms with Gasteiger partial charge in [0.15, 0.2) is 4.80 Å². The molecule has 1 aromatic heterocycles. The third-order valence-corrected chi connectivity index (χ3v) is 8.75. The predicted molar refractivity (Wildman–Crippen MR) is 167 cm³/mol. The van der Waals surface area contributed by atoms with Gasteiger partial charge in [0.1, 0.15) is 12.4 Å². The molecule has 0 saturated carbocycles. The van der Waals surface area contributed by atoms with Crippen molar-refractivity contribution in [2.24, 2.45) is 4.99 Å². The molecule has 210 valence electrons. The molecule has 0 N–H and O–H groups in total. The van der Waals surface area contributed by atoms with Crippen molar-refractivity contribution in [3.8, 4) is 5.75 Å². The molecule has 0 radical (unpaired) electrons. The maximum atomic E-state index is 13.8. The van der Waals surface area contributed by atoms with Gasteiger partial charge in [-0.3, -0.25) is 9.36 Å². The van der Waals surface area contributed by atoms with Crippen LogP contribution >= 0.6 is 50.5 Å². The average Bonchev–Trinajstić information content (AvgIpc) is 3.23. The molecule has 4 aromatic rings. The van der Waals surface area contributed by atoms with Crippen LogP contribution in [0.25, 0.3) is 6.08 Å². The first-order valence-corrected chi connectivity index (χ1v) is 15.1. The number of allylic oxidation sites excluding steroid dienone is 1. The number of carbonyl (C=O) groups is 1. The zero-order valence-corrected chi connectivity index (χ0v) is 26.3. The second kappa shape index (κ2) is 12.4. The second-order valence-electron chi connectivity index (χ2n) is 9.43. The van der Waals surface area contributed by atoms with Gasteiger partial charge in [-0.15, -0.1) is 0 Å². The van der Waals surface area contributed by atoms with Gasteiger partial charge in [-0.2, -0.15) is 0 Å². The van der Waals surface area contributed by atoms with Gasteiger partial charge in [0.2, 0.25) is 0 Å². The summed E-state index contributed by atoms with van der Waals surface area (Å²) in [6, 6.07) is 18.0. The Morgan fingerprint density at radius 3 is 2.54 bits per heavy atom. The van der Waals surface area contributed by atoms with Crippen LogP contribution in [-0.4, -0.2) is 17.1 Å². The molecule has 0 spiro atoms. The Morgan fingerprint density at radius 1 is 1.10 bits per heavy atom. The summed E-state index contributed by atoms with van der Waals surface area (Å²) in [5, 5.41) is 1.10. The molecule has 0 unspecified atom stereocenters.